The fourth-order valence-electron chi connectivity index (χ4n) is 2.55. The summed E-state index contributed by atoms with van der Waals surface area (Å²) in [5.41, 5.74) is 1.46. The van der Waals surface area contributed by atoms with Crippen LogP contribution in [-0.4, -0.2) is 24.6 Å². The number of rotatable bonds is 9. The molecule has 2 aromatic rings. The Morgan fingerprint density at radius 2 is 1.83 bits per heavy atom. The first kappa shape index (κ1) is 22.7. The Morgan fingerprint density at radius 3 is 2.47 bits per heavy atom. The normalized spacial score (nSPS) is 11.0. The van der Waals surface area contributed by atoms with Crippen LogP contribution < -0.4 is 10.1 Å². The molecular weight excluding hydrogens is 380 g/mol. The predicted molar refractivity (Wildman–Crippen MR) is 116 cm³/mol. The van der Waals surface area contributed by atoms with Crippen molar-refractivity contribution in [1.29, 1.82) is 5.26 Å². The second-order valence-electron chi connectivity index (χ2n) is 6.90. The van der Waals surface area contributed by atoms with Crippen LogP contribution in [0.1, 0.15) is 49.5 Å². The van der Waals surface area contributed by atoms with Gasteiger partial charge in [-0.05, 0) is 56.7 Å². The van der Waals surface area contributed by atoms with Crippen LogP contribution in [0.15, 0.2) is 54.1 Å². The van der Waals surface area contributed by atoms with Gasteiger partial charge in [0.1, 0.15) is 17.4 Å². The average Bonchev–Trinajstić information content (AvgIpc) is 2.73. The maximum Gasteiger partial charge on any atom is 0.338 e. The number of carbonyl (C=O) groups is 2. The van der Waals surface area contributed by atoms with Gasteiger partial charge < -0.3 is 14.8 Å². The second kappa shape index (κ2) is 11.4. The van der Waals surface area contributed by atoms with E-state index in [0.29, 0.717) is 29.2 Å². The minimum Gasteiger partial charge on any atom is -0.490 e. The summed E-state index contributed by atoms with van der Waals surface area (Å²) >= 11 is 0. The standard InChI is InChI=1S/C24H26N2O4/c1-4-5-14-29-24(28)18-10-12-21(13-11-18)26-23(27)20(16-25)15-19-8-6-7-9-22(19)30-17(2)3/h6-13,15,17H,4-5,14H2,1-3H3,(H,26,27)/b20-15-. The number of nitriles is 1. The molecule has 0 aliphatic rings. The number of unbranched alkanes of at least 4 members (excludes halogenated alkanes) is 1. The number of anilines is 1. The monoisotopic (exact) mass is 406 g/mol. The number of benzene rings is 2. The van der Waals surface area contributed by atoms with Gasteiger partial charge in [0, 0.05) is 11.3 Å². The van der Waals surface area contributed by atoms with Crippen molar-refractivity contribution in [3.05, 3.63) is 65.2 Å². The van der Waals surface area contributed by atoms with Gasteiger partial charge in [0.15, 0.2) is 0 Å². The molecule has 156 valence electrons. The molecule has 30 heavy (non-hydrogen) atoms. The molecule has 0 aliphatic heterocycles. The molecule has 6 nitrogen and oxygen atoms in total. The second-order valence-corrected chi connectivity index (χ2v) is 6.90. The van der Waals surface area contributed by atoms with Crippen LogP contribution in [0.4, 0.5) is 5.69 Å². The Morgan fingerprint density at radius 1 is 1.13 bits per heavy atom. The Kier molecular flexibility index (Phi) is 8.64. The van der Waals surface area contributed by atoms with Crippen molar-refractivity contribution in [2.75, 3.05) is 11.9 Å². The first-order valence-electron chi connectivity index (χ1n) is 9.90. The van der Waals surface area contributed by atoms with E-state index in [2.05, 4.69) is 5.32 Å². The third kappa shape index (κ3) is 6.78. The van der Waals surface area contributed by atoms with Crippen molar-refractivity contribution in [1.82, 2.24) is 0 Å². The highest BCUT2D eigenvalue weighted by molar-refractivity contribution is 6.10. The molecule has 6 heteroatoms. The van der Waals surface area contributed by atoms with E-state index in [9.17, 15) is 14.9 Å². The van der Waals surface area contributed by atoms with Crippen molar-refractivity contribution >= 4 is 23.6 Å². The molecule has 1 amide bonds. The molecule has 0 heterocycles. The van der Waals surface area contributed by atoms with E-state index in [0.717, 1.165) is 12.8 Å². The highest BCUT2D eigenvalue weighted by Crippen LogP contribution is 2.22. The number of nitrogens with zero attached hydrogens (tertiary/aromatic N) is 1. The largest absolute Gasteiger partial charge is 0.490 e. The first-order valence-corrected chi connectivity index (χ1v) is 9.90. The summed E-state index contributed by atoms with van der Waals surface area (Å²) < 4.78 is 10.9. The summed E-state index contributed by atoms with van der Waals surface area (Å²) in [6.45, 7) is 6.21. The number of para-hydroxylation sites is 1. The number of amides is 1. The minimum atomic E-state index is -0.546. The Hall–Kier alpha value is -3.59. The Labute approximate surface area is 177 Å². The summed E-state index contributed by atoms with van der Waals surface area (Å²) in [4.78, 5) is 24.5. The van der Waals surface area contributed by atoms with E-state index in [1.54, 1.807) is 36.4 Å². The number of carbonyl (C=O) groups excluding carboxylic acids is 2. The molecule has 2 aromatic carbocycles. The van der Waals surface area contributed by atoms with Crippen LogP contribution in [-0.2, 0) is 9.53 Å². The molecule has 0 aromatic heterocycles. The number of ether oxygens (including phenoxy) is 2. The molecule has 2 rings (SSSR count). The fraction of sp³-hybridized carbons (Fsp3) is 0.292. The zero-order valence-corrected chi connectivity index (χ0v) is 17.5. The summed E-state index contributed by atoms with van der Waals surface area (Å²) in [5, 5.41) is 12.1. The van der Waals surface area contributed by atoms with Crippen molar-refractivity contribution in [3.63, 3.8) is 0 Å². The molecule has 0 atom stereocenters. The summed E-state index contributed by atoms with van der Waals surface area (Å²) in [7, 11) is 0. The molecule has 0 bridgehead atoms. The lowest BCUT2D eigenvalue weighted by Crippen LogP contribution is -2.14. The molecule has 0 radical (unpaired) electrons. The number of esters is 1. The van der Waals surface area contributed by atoms with Crippen LogP contribution in [0, 0.1) is 11.3 Å². The topological polar surface area (TPSA) is 88.4 Å². The molecule has 0 fully saturated rings. The third-order valence-electron chi connectivity index (χ3n) is 4.06. The van der Waals surface area contributed by atoms with Crippen molar-refractivity contribution in [2.45, 2.75) is 39.7 Å². The third-order valence-corrected chi connectivity index (χ3v) is 4.06. The number of hydrogen-bond donors (Lipinski definition) is 1. The number of hydrogen-bond acceptors (Lipinski definition) is 5. The predicted octanol–water partition coefficient (Wildman–Crippen LogP) is 4.98. The molecular formula is C24H26N2O4. The zero-order valence-electron chi connectivity index (χ0n) is 17.5. The lowest BCUT2D eigenvalue weighted by molar-refractivity contribution is -0.112. The molecule has 1 N–H and O–H groups in total. The SMILES string of the molecule is CCCCOC(=O)c1ccc(NC(=O)/C(C#N)=C\c2ccccc2OC(C)C)cc1. The van der Waals surface area contributed by atoms with Crippen molar-refractivity contribution in [3.8, 4) is 11.8 Å². The zero-order chi connectivity index (χ0) is 21.9. The fourth-order valence-corrected chi connectivity index (χ4v) is 2.55. The summed E-state index contributed by atoms with van der Waals surface area (Å²) in [6, 6.07) is 15.5. The van der Waals surface area contributed by atoms with Crippen molar-refractivity contribution in [2.24, 2.45) is 0 Å². The van der Waals surface area contributed by atoms with Gasteiger partial charge in [-0.1, -0.05) is 31.5 Å². The lowest BCUT2D eigenvalue weighted by Gasteiger charge is -2.12. The van der Waals surface area contributed by atoms with Crippen LogP contribution in [0.2, 0.25) is 0 Å². The van der Waals surface area contributed by atoms with E-state index in [-0.39, 0.29) is 11.7 Å². The maximum atomic E-state index is 12.5. The number of nitrogens with one attached hydrogen (secondary N) is 1. The maximum absolute atomic E-state index is 12.5. The van der Waals surface area contributed by atoms with E-state index in [1.165, 1.54) is 6.08 Å². The quantitative estimate of drug-likeness (QED) is 0.275. The average molecular weight is 406 g/mol. The highest BCUT2D eigenvalue weighted by Gasteiger charge is 2.13. The van der Waals surface area contributed by atoms with E-state index in [4.69, 9.17) is 9.47 Å². The van der Waals surface area contributed by atoms with Gasteiger partial charge in [-0.2, -0.15) is 5.26 Å². The smallest absolute Gasteiger partial charge is 0.338 e. The van der Waals surface area contributed by atoms with Gasteiger partial charge in [-0.25, -0.2) is 4.79 Å². The Balaban J connectivity index is 2.10. The molecule has 0 saturated carbocycles. The molecule has 0 saturated heterocycles. The first-order chi connectivity index (χ1) is 14.4. The van der Waals surface area contributed by atoms with Gasteiger partial charge in [0.25, 0.3) is 5.91 Å². The van der Waals surface area contributed by atoms with E-state index < -0.39 is 11.9 Å². The van der Waals surface area contributed by atoms with Crippen LogP contribution in [0.5, 0.6) is 5.75 Å². The molecule has 0 aliphatic carbocycles. The van der Waals surface area contributed by atoms with Crippen LogP contribution in [0.3, 0.4) is 0 Å². The van der Waals surface area contributed by atoms with Gasteiger partial charge in [-0.3, -0.25) is 4.79 Å². The van der Waals surface area contributed by atoms with Gasteiger partial charge in [-0.15, -0.1) is 0 Å². The van der Waals surface area contributed by atoms with Gasteiger partial charge in [0.05, 0.1) is 18.3 Å². The molecule has 0 spiro atoms. The summed E-state index contributed by atoms with van der Waals surface area (Å²) in [6.07, 6.45) is 3.22. The lowest BCUT2D eigenvalue weighted by atomic mass is 10.1. The van der Waals surface area contributed by atoms with Crippen LogP contribution >= 0.6 is 0 Å². The van der Waals surface area contributed by atoms with Gasteiger partial charge >= 0.3 is 5.97 Å². The van der Waals surface area contributed by atoms with E-state index >= 15 is 0 Å². The van der Waals surface area contributed by atoms with Gasteiger partial charge in [0.2, 0.25) is 0 Å². The minimum absolute atomic E-state index is 0.0360. The van der Waals surface area contributed by atoms with Crippen molar-refractivity contribution < 1.29 is 19.1 Å². The molecule has 0 unspecified atom stereocenters. The highest BCUT2D eigenvalue weighted by atomic mass is 16.5. The Bertz CT molecular complexity index is 940. The summed E-state index contributed by atoms with van der Waals surface area (Å²) in [5.74, 6) is -0.352. The van der Waals surface area contributed by atoms with Crippen LogP contribution in [0.25, 0.3) is 6.08 Å². The van der Waals surface area contributed by atoms with E-state index in [1.807, 2.05) is 39.0 Å².